The molecule has 0 unspecified atom stereocenters. The van der Waals surface area contributed by atoms with Crippen molar-refractivity contribution in [3.8, 4) is 22.4 Å². The van der Waals surface area contributed by atoms with Gasteiger partial charge in [0.1, 0.15) is 11.5 Å². The summed E-state index contributed by atoms with van der Waals surface area (Å²) in [6.45, 7) is 3.06. The van der Waals surface area contributed by atoms with E-state index in [4.69, 9.17) is 0 Å². The fourth-order valence-corrected chi connectivity index (χ4v) is 3.67. The molecule has 0 radical (unpaired) electrons. The maximum Gasteiger partial charge on any atom is 0.434 e. The minimum absolute atomic E-state index is 0.0170. The molecule has 30 heavy (non-hydrogen) atoms. The summed E-state index contributed by atoms with van der Waals surface area (Å²) in [4.78, 5) is 0.0260. The van der Waals surface area contributed by atoms with Crippen LogP contribution in [0.2, 0.25) is 0 Å². The van der Waals surface area contributed by atoms with E-state index < -0.39 is 27.5 Å². The van der Waals surface area contributed by atoms with E-state index in [1.807, 2.05) is 0 Å². The van der Waals surface area contributed by atoms with Gasteiger partial charge in [-0.1, -0.05) is 30.3 Å². The number of allylic oxidation sites excluding steroid dienone is 1. The van der Waals surface area contributed by atoms with Gasteiger partial charge in [0.05, 0.1) is 4.90 Å². The number of aryl methyl sites for hydroxylation is 1. The molecule has 2 aromatic carbocycles. The first-order chi connectivity index (χ1) is 13.9. The van der Waals surface area contributed by atoms with Crippen LogP contribution in [0.15, 0.2) is 53.4 Å². The Balaban J connectivity index is 2.36. The number of nitrogens with zero attached hydrogens (tertiary/aromatic N) is 2. The highest BCUT2D eigenvalue weighted by atomic mass is 32.2. The first kappa shape index (κ1) is 21.8. The van der Waals surface area contributed by atoms with Gasteiger partial charge in [0.25, 0.3) is 0 Å². The second-order valence-electron chi connectivity index (χ2n) is 6.76. The van der Waals surface area contributed by atoms with Gasteiger partial charge in [-0.15, -0.1) is 0 Å². The Kier molecular flexibility index (Phi) is 5.60. The zero-order valence-corrected chi connectivity index (χ0v) is 17.1. The Morgan fingerprint density at radius 3 is 2.13 bits per heavy atom. The van der Waals surface area contributed by atoms with Gasteiger partial charge in [0.15, 0.2) is 15.5 Å². The highest BCUT2D eigenvalue weighted by Gasteiger charge is 2.40. The summed E-state index contributed by atoms with van der Waals surface area (Å²) >= 11 is 0. The Bertz CT molecular complexity index is 1230. The molecular weight excluding hydrogens is 420 g/mol. The molecule has 158 valence electrons. The van der Waals surface area contributed by atoms with Crippen molar-refractivity contribution in [1.29, 1.82) is 0 Å². The van der Waals surface area contributed by atoms with Crippen LogP contribution in [0.5, 0.6) is 0 Å². The molecule has 0 bridgehead atoms. The number of hydrogen-bond donors (Lipinski definition) is 0. The largest absolute Gasteiger partial charge is 0.434 e. The molecule has 0 aliphatic heterocycles. The van der Waals surface area contributed by atoms with Crippen molar-refractivity contribution in [3.63, 3.8) is 0 Å². The number of hydrogen-bond acceptors (Lipinski definition) is 3. The van der Waals surface area contributed by atoms with E-state index in [1.165, 1.54) is 49.4 Å². The summed E-state index contributed by atoms with van der Waals surface area (Å²) in [5.74, 6) is -0.641. The molecule has 0 fully saturated rings. The molecule has 1 heterocycles. The topological polar surface area (TPSA) is 52.0 Å². The van der Waals surface area contributed by atoms with Gasteiger partial charge in [-0.3, -0.25) is 0 Å². The normalized spacial score (nSPS) is 12.6. The quantitative estimate of drug-likeness (QED) is 0.500. The second kappa shape index (κ2) is 7.71. The molecule has 4 nitrogen and oxygen atoms in total. The number of rotatable bonds is 4. The molecule has 3 aromatic rings. The lowest BCUT2D eigenvalue weighted by molar-refractivity contribution is -0.142. The lowest BCUT2D eigenvalue weighted by Crippen LogP contribution is -2.12. The van der Waals surface area contributed by atoms with E-state index in [-0.39, 0.29) is 27.3 Å². The average Bonchev–Trinajstić information content (AvgIpc) is 3.03. The van der Waals surface area contributed by atoms with Crippen LogP contribution in [0.4, 0.5) is 17.6 Å². The molecule has 0 saturated carbocycles. The van der Waals surface area contributed by atoms with Gasteiger partial charge in [-0.25, -0.2) is 17.5 Å². The van der Waals surface area contributed by atoms with Crippen molar-refractivity contribution in [3.05, 3.63) is 65.6 Å². The van der Waals surface area contributed by atoms with Crippen LogP contribution in [-0.4, -0.2) is 24.5 Å². The summed E-state index contributed by atoms with van der Waals surface area (Å²) in [5, 5.41) is 4.09. The van der Waals surface area contributed by atoms with E-state index in [0.29, 0.717) is 10.2 Å². The third kappa shape index (κ3) is 4.16. The zero-order valence-electron chi connectivity index (χ0n) is 16.3. The van der Waals surface area contributed by atoms with Crippen molar-refractivity contribution in [2.24, 2.45) is 0 Å². The maximum absolute atomic E-state index is 14.2. The summed E-state index contributed by atoms with van der Waals surface area (Å²) in [6, 6.07) is 9.20. The highest BCUT2D eigenvalue weighted by Crippen LogP contribution is 2.43. The molecule has 0 aliphatic carbocycles. The van der Waals surface area contributed by atoms with Gasteiger partial charge in [-0.2, -0.15) is 18.3 Å². The molecule has 9 heteroatoms. The minimum atomic E-state index is -4.77. The van der Waals surface area contributed by atoms with E-state index in [2.05, 4.69) is 5.10 Å². The van der Waals surface area contributed by atoms with Crippen LogP contribution in [0.3, 0.4) is 0 Å². The summed E-state index contributed by atoms with van der Waals surface area (Å²) in [7, 11) is -3.48. The fraction of sp³-hybridized carbons (Fsp3) is 0.190. The van der Waals surface area contributed by atoms with E-state index >= 15 is 0 Å². The summed E-state index contributed by atoms with van der Waals surface area (Å²) in [6.07, 6.45) is -1.18. The molecule has 0 N–H and O–H groups in total. The van der Waals surface area contributed by atoms with Crippen LogP contribution >= 0.6 is 0 Å². The predicted octanol–water partition coefficient (Wildman–Crippen LogP) is 5.58. The van der Waals surface area contributed by atoms with Crippen LogP contribution in [0.25, 0.3) is 28.6 Å². The van der Waals surface area contributed by atoms with Gasteiger partial charge in [0.2, 0.25) is 0 Å². The van der Waals surface area contributed by atoms with Crippen molar-refractivity contribution >= 4 is 16.0 Å². The number of aromatic nitrogens is 2. The first-order valence-electron chi connectivity index (χ1n) is 8.83. The van der Waals surface area contributed by atoms with Gasteiger partial charge >= 0.3 is 6.18 Å². The first-order valence-corrected chi connectivity index (χ1v) is 10.7. The van der Waals surface area contributed by atoms with Crippen LogP contribution in [-0.2, 0) is 16.0 Å². The van der Waals surface area contributed by atoms with Crippen molar-refractivity contribution in [2.45, 2.75) is 24.9 Å². The molecule has 0 saturated heterocycles. The highest BCUT2D eigenvalue weighted by molar-refractivity contribution is 7.90. The molecule has 1 aromatic heterocycles. The van der Waals surface area contributed by atoms with E-state index in [1.54, 1.807) is 6.92 Å². The Morgan fingerprint density at radius 1 is 1.03 bits per heavy atom. The average molecular weight is 438 g/mol. The Hall–Kier alpha value is -2.94. The zero-order chi connectivity index (χ0) is 22.3. The Morgan fingerprint density at radius 2 is 1.63 bits per heavy atom. The summed E-state index contributed by atoms with van der Waals surface area (Å²) < 4.78 is 80.2. The molecule has 3 rings (SSSR count). The molecule has 0 atom stereocenters. The molecule has 0 amide bonds. The van der Waals surface area contributed by atoms with E-state index in [9.17, 15) is 26.0 Å². The van der Waals surface area contributed by atoms with Gasteiger partial charge < -0.3 is 0 Å². The summed E-state index contributed by atoms with van der Waals surface area (Å²) in [5.41, 5.74) is -0.788. The molecule has 0 spiro atoms. The van der Waals surface area contributed by atoms with Crippen molar-refractivity contribution in [1.82, 2.24) is 9.78 Å². The molecular formula is C21H18F4N2O2S. The van der Waals surface area contributed by atoms with E-state index in [0.717, 1.165) is 18.5 Å². The predicted molar refractivity (Wildman–Crippen MR) is 107 cm³/mol. The third-order valence-corrected chi connectivity index (χ3v) is 5.61. The van der Waals surface area contributed by atoms with Crippen LogP contribution < -0.4 is 0 Å². The third-order valence-electron chi connectivity index (χ3n) is 4.49. The number of sulfone groups is 1. The fourth-order valence-electron chi connectivity index (χ4n) is 3.04. The number of halogens is 4. The van der Waals surface area contributed by atoms with Crippen molar-refractivity contribution in [2.75, 3.05) is 6.26 Å². The van der Waals surface area contributed by atoms with Crippen LogP contribution in [0, 0.1) is 12.7 Å². The van der Waals surface area contributed by atoms with Crippen LogP contribution in [0.1, 0.15) is 18.2 Å². The lowest BCUT2D eigenvalue weighted by Gasteiger charge is -2.12. The SMILES string of the molecule is CC=Cn1nc(-c2ccc(S(C)(=O)=O)cc2)c(-c2ccc(C)c(F)c2)c1C(F)(F)F. The lowest BCUT2D eigenvalue weighted by atomic mass is 9.97. The van der Waals surface area contributed by atoms with Gasteiger partial charge in [0, 0.05) is 23.6 Å². The number of benzene rings is 2. The smallest absolute Gasteiger partial charge is 0.235 e. The monoisotopic (exact) mass is 438 g/mol. The Labute approximate surface area is 171 Å². The van der Waals surface area contributed by atoms with Gasteiger partial charge in [-0.05, 0) is 43.2 Å². The molecule has 0 aliphatic rings. The van der Waals surface area contributed by atoms with Crippen molar-refractivity contribution < 1.29 is 26.0 Å². The maximum atomic E-state index is 14.2. The minimum Gasteiger partial charge on any atom is -0.235 e. The number of alkyl halides is 3. The standard InChI is InChI=1S/C21H18F4N2O2S/c1-4-11-27-20(21(23,24)25)18(15-6-5-13(2)17(22)12-15)19(26-27)14-7-9-16(10-8-14)30(3,28)29/h4-12H,1-3H3. The second-order valence-corrected chi connectivity index (χ2v) is 8.77.